The Bertz CT molecular complexity index is 2540. The number of benzene rings is 4. The molecule has 66 heavy (non-hydrogen) atoms. The molecule has 15 nitrogen and oxygen atoms in total. The lowest BCUT2D eigenvalue weighted by atomic mass is 10.0. The van der Waals surface area contributed by atoms with Gasteiger partial charge in [0.05, 0.1) is 12.2 Å². The number of rotatable bonds is 14. The number of nitrogens with zero attached hydrogens (tertiary/aromatic N) is 2. The van der Waals surface area contributed by atoms with E-state index in [9.17, 15) is 28.8 Å². The summed E-state index contributed by atoms with van der Waals surface area (Å²) in [6.45, 7) is 12.5. The van der Waals surface area contributed by atoms with Crippen molar-refractivity contribution in [3.63, 3.8) is 0 Å². The van der Waals surface area contributed by atoms with Crippen LogP contribution in [0.15, 0.2) is 103 Å². The summed E-state index contributed by atoms with van der Waals surface area (Å²) in [5, 5.41) is 11.2. The highest BCUT2D eigenvalue weighted by Gasteiger charge is 2.39. The van der Waals surface area contributed by atoms with E-state index in [0.717, 1.165) is 0 Å². The van der Waals surface area contributed by atoms with Crippen LogP contribution in [0, 0.1) is 5.82 Å². The fraction of sp³-hybridized carbons (Fsp3) is 0.360. The van der Waals surface area contributed by atoms with Crippen LogP contribution in [0.3, 0.4) is 0 Å². The van der Waals surface area contributed by atoms with Crippen LogP contribution in [-0.4, -0.2) is 87.5 Å². The predicted octanol–water partition coefficient (Wildman–Crippen LogP) is 8.61. The normalized spacial score (nSPS) is 14.7. The molecule has 5 aromatic rings. The van der Waals surface area contributed by atoms with Crippen LogP contribution in [0.1, 0.15) is 90.9 Å². The molecule has 0 radical (unpaired) electrons. The Morgan fingerprint density at radius 1 is 0.758 bits per heavy atom. The standard InChI is InChI=1S/C50H58FN7O8/c1-8-27-57(45(61)42(31-16-11-9-12-17-31)55-47(63)65-49(2,3)4)30-39(59)52-34-23-21-33(22-24-34)41-40(51)36-29-35(25-26-37(36)54-41)53-44(60)38-20-15-28-58(38)46(62)43(32-18-13-10-14-19-32)56-48(64)66-50(5,6)7/h9-14,16-19,21-26,29,38,42-43,54H,8,15,20,27-28,30H2,1-7H3,(H,52,59)(H,53,60)(H,55,63)(H,56,64)/t38-,42-,43-/m0/s1. The Hall–Kier alpha value is -7.23. The number of hydrogen-bond acceptors (Lipinski definition) is 8. The zero-order valence-corrected chi connectivity index (χ0v) is 38.3. The molecule has 0 unspecified atom stereocenters. The molecule has 0 spiro atoms. The Balaban J connectivity index is 1.11. The molecule has 2 heterocycles. The first-order valence-corrected chi connectivity index (χ1v) is 22.0. The second-order valence-corrected chi connectivity index (χ2v) is 18.1. The number of alkyl carbamates (subject to hydrolysis) is 2. The number of aromatic nitrogens is 1. The average Bonchev–Trinajstić information content (AvgIpc) is 3.89. The number of amides is 6. The smallest absolute Gasteiger partial charge is 0.408 e. The highest BCUT2D eigenvalue weighted by molar-refractivity contribution is 6.01. The summed E-state index contributed by atoms with van der Waals surface area (Å²) >= 11 is 0. The highest BCUT2D eigenvalue weighted by atomic mass is 19.1. The van der Waals surface area contributed by atoms with Gasteiger partial charge in [-0.3, -0.25) is 19.2 Å². The van der Waals surface area contributed by atoms with Crippen molar-refractivity contribution in [2.45, 2.75) is 97.1 Å². The van der Waals surface area contributed by atoms with Gasteiger partial charge in [0.1, 0.15) is 29.3 Å². The van der Waals surface area contributed by atoms with Crippen molar-refractivity contribution in [2.75, 3.05) is 30.3 Å². The number of anilines is 2. The molecule has 1 aromatic heterocycles. The van der Waals surface area contributed by atoms with E-state index >= 15 is 4.39 Å². The molecule has 1 fully saturated rings. The van der Waals surface area contributed by atoms with Gasteiger partial charge in [-0.05, 0) is 102 Å². The number of H-pyrrole nitrogens is 1. The summed E-state index contributed by atoms with van der Waals surface area (Å²) in [5.74, 6) is -2.42. The number of aromatic amines is 1. The number of hydrogen-bond donors (Lipinski definition) is 5. The van der Waals surface area contributed by atoms with E-state index in [1.165, 1.54) is 15.9 Å². The van der Waals surface area contributed by atoms with Gasteiger partial charge < -0.3 is 45.5 Å². The molecule has 5 N–H and O–H groups in total. The number of likely N-dealkylation sites (tertiary alicyclic amines) is 1. The number of carbonyl (C=O) groups is 6. The fourth-order valence-electron chi connectivity index (χ4n) is 7.66. The fourth-order valence-corrected chi connectivity index (χ4v) is 7.66. The zero-order chi connectivity index (χ0) is 47.8. The third-order valence-corrected chi connectivity index (χ3v) is 10.5. The van der Waals surface area contributed by atoms with Crippen molar-refractivity contribution in [1.82, 2.24) is 25.4 Å². The van der Waals surface area contributed by atoms with Crippen molar-refractivity contribution in [2.24, 2.45) is 0 Å². The Labute approximate surface area is 383 Å². The first kappa shape index (κ1) is 48.2. The van der Waals surface area contributed by atoms with E-state index in [4.69, 9.17) is 9.47 Å². The van der Waals surface area contributed by atoms with Gasteiger partial charge in [-0.2, -0.15) is 0 Å². The van der Waals surface area contributed by atoms with Crippen molar-refractivity contribution >= 4 is 58.1 Å². The third kappa shape index (κ3) is 12.5. The van der Waals surface area contributed by atoms with Gasteiger partial charge in [0.2, 0.25) is 17.7 Å². The van der Waals surface area contributed by atoms with E-state index in [1.54, 1.807) is 139 Å². The van der Waals surface area contributed by atoms with Gasteiger partial charge in [-0.15, -0.1) is 0 Å². The maximum absolute atomic E-state index is 16.1. The minimum atomic E-state index is -1.10. The van der Waals surface area contributed by atoms with Gasteiger partial charge in [0.25, 0.3) is 5.91 Å². The molecule has 6 amide bonds. The lowest BCUT2D eigenvalue weighted by Gasteiger charge is -2.29. The van der Waals surface area contributed by atoms with E-state index in [2.05, 4.69) is 26.3 Å². The van der Waals surface area contributed by atoms with Crippen LogP contribution in [-0.2, 0) is 28.7 Å². The molecule has 348 valence electrons. The number of fused-ring (bicyclic) bond motifs is 1. The Kier molecular flexibility index (Phi) is 15.1. The SMILES string of the molecule is CCCN(CC(=O)Nc1ccc(-c2[nH]c3ccc(NC(=O)[C@@H]4CCCN4C(=O)[C@@H](NC(=O)OC(C)(C)C)c4ccccc4)cc3c2F)cc1)C(=O)[C@@H](NC(=O)OC(C)(C)C)c1ccccc1. The molecular formula is C50H58FN7O8. The summed E-state index contributed by atoms with van der Waals surface area (Å²) in [5.41, 5.74) is 1.38. The Morgan fingerprint density at radius 3 is 1.89 bits per heavy atom. The lowest BCUT2D eigenvalue weighted by Crippen LogP contribution is -2.49. The molecule has 3 atom stereocenters. The molecule has 6 rings (SSSR count). The molecule has 0 aliphatic carbocycles. The zero-order valence-electron chi connectivity index (χ0n) is 38.3. The second-order valence-electron chi connectivity index (χ2n) is 18.1. The number of carbonyl (C=O) groups excluding carboxylic acids is 6. The van der Waals surface area contributed by atoms with E-state index < -0.39 is 71.0 Å². The number of halogens is 1. The molecule has 4 aromatic carbocycles. The monoisotopic (exact) mass is 903 g/mol. The van der Waals surface area contributed by atoms with Crippen LogP contribution in [0.5, 0.6) is 0 Å². The molecule has 1 aliphatic heterocycles. The summed E-state index contributed by atoms with van der Waals surface area (Å²) in [6, 6.07) is 25.8. The van der Waals surface area contributed by atoms with Crippen molar-refractivity contribution in [3.8, 4) is 11.3 Å². The number of ether oxygens (including phenoxy) is 2. The lowest BCUT2D eigenvalue weighted by molar-refractivity contribution is -0.138. The van der Waals surface area contributed by atoms with Crippen LogP contribution in [0.4, 0.5) is 25.4 Å². The first-order chi connectivity index (χ1) is 31.3. The summed E-state index contributed by atoms with van der Waals surface area (Å²) in [6.07, 6.45) is -0.0207. The topological polar surface area (TPSA) is 191 Å². The molecule has 1 saturated heterocycles. The summed E-state index contributed by atoms with van der Waals surface area (Å²) in [4.78, 5) is 86.6. The van der Waals surface area contributed by atoms with Gasteiger partial charge in [0, 0.05) is 40.9 Å². The number of nitrogens with one attached hydrogen (secondary N) is 5. The molecule has 16 heteroatoms. The van der Waals surface area contributed by atoms with E-state index in [1.807, 2.05) is 6.92 Å². The Morgan fingerprint density at radius 2 is 1.32 bits per heavy atom. The molecule has 0 saturated carbocycles. The largest absolute Gasteiger partial charge is 0.444 e. The first-order valence-electron chi connectivity index (χ1n) is 22.0. The van der Waals surface area contributed by atoms with Gasteiger partial charge in [0.15, 0.2) is 5.82 Å². The van der Waals surface area contributed by atoms with Gasteiger partial charge in [-0.25, -0.2) is 14.0 Å². The highest BCUT2D eigenvalue weighted by Crippen LogP contribution is 2.32. The third-order valence-electron chi connectivity index (χ3n) is 10.5. The molecular weight excluding hydrogens is 846 g/mol. The van der Waals surface area contributed by atoms with Crippen molar-refractivity contribution < 1.29 is 42.6 Å². The average molecular weight is 904 g/mol. The summed E-state index contributed by atoms with van der Waals surface area (Å²) < 4.78 is 27.0. The van der Waals surface area contributed by atoms with Crippen molar-refractivity contribution in [1.29, 1.82) is 0 Å². The molecule has 1 aliphatic rings. The minimum absolute atomic E-state index is 0.188. The van der Waals surface area contributed by atoms with Gasteiger partial charge >= 0.3 is 12.2 Å². The minimum Gasteiger partial charge on any atom is -0.444 e. The van der Waals surface area contributed by atoms with Crippen LogP contribution < -0.4 is 21.3 Å². The van der Waals surface area contributed by atoms with Crippen LogP contribution >= 0.6 is 0 Å². The van der Waals surface area contributed by atoms with Crippen LogP contribution in [0.2, 0.25) is 0 Å². The predicted molar refractivity (Wildman–Crippen MR) is 250 cm³/mol. The quantitative estimate of drug-likeness (QED) is 0.0732. The summed E-state index contributed by atoms with van der Waals surface area (Å²) in [7, 11) is 0. The maximum atomic E-state index is 16.1. The maximum Gasteiger partial charge on any atom is 0.408 e. The second kappa shape index (κ2) is 20.7. The molecule has 0 bridgehead atoms. The van der Waals surface area contributed by atoms with Gasteiger partial charge in [-0.1, -0.05) is 79.7 Å². The van der Waals surface area contributed by atoms with E-state index in [0.29, 0.717) is 59.4 Å². The van der Waals surface area contributed by atoms with Crippen molar-refractivity contribution in [3.05, 3.63) is 120 Å². The van der Waals surface area contributed by atoms with E-state index in [-0.39, 0.29) is 24.2 Å². The van der Waals surface area contributed by atoms with Crippen LogP contribution in [0.25, 0.3) is 22.2 Å².